The van der Waals surface area contributed by atoms with Gasteiger partial charge in [-0.3, -0.25) is 4.79 Å². The molecule has 3 N–H and O–H groups in total. The molecule has 1 amide bonds. The number of carbonyl (C=O) groups excluding carboxylic acids is 1. The Bertz CT molecular complexity index is 1180. The van der Waals surface area contributed by atoms with Crippen LogP contribution in [0, 0.1) is 6.92 Å². The second-order valence-corrected chi connectivity index (χ2v) is 10.9. The first-order valence-electron chi connectivity index (χ1n) is 9.76. The maximum absolute atomic E-state index is 12.3. The van der Waals surface area contributed by atoms with E-state index in [0.717, 1.165) is 6.42 Å². The van der Waals surface area contributed by atoms with E-state index in [1.165, 1.54) is 37.4 Å². The standard InChI is InChI=1S/C20H26ClN3O6S2/c1-4-5-10-23-32(28,29)15-8-9-19(17(21)11-15)30-13-20(25)24-18-12-16(7-6-14(18)2)31(26,27)22-3/h6-9,11-12,22-23H,4-5,10,13H2,1-3H3,(H,24,25). The van der Waals surface area contributed by atoms with Crippen LogP contribution in [0.1, 0.15) is 25.3 Å². The average molecular weight is 504 g/mol. The molecule has 0 radical (unpaired) electrons. The molecule has 0 fully saturated rings. The van der Waals surface area contributed by atoms with Crippen LogP contribution in [0.25, 0.3) is 0 Å². The molecule has 0 aliphatic heterocycles. The number of anilines is 1. The number of sulfonamides is 2. The highest BCUT2D eigenvalue weighted by molar-refractivity contribution is 7.89. The maximum Gasteiger partial charge on any atom is 0.262 e. The number of amides is 1. The second-order valence-electron chi connectivity index (χ2n) is 6.86. The van der Waals surface area contributed by atoms with Crippen molar-refractivity contribution >= 4 is 43.2 Å². The van der Waals surface area contributed by atoms with Crippen molar-refractivity contribution in [3.05, 3.63) is 47.0 Å². The van der Waals surface area contributed by atoms with Gasteiger partial charge in [0.15, 0.2) is 6.61 Å². The van der Waals surface area contributed by atoms with Gasteiger partial charge in [-0.15, -0.1) is 0 Å². The van der Waals surface area contributed by atoms with Gasteiger partial charge in [0.05, 0.1) is 14.8 Å². The average Bonchev–Trinajstić information content (AvgIpc) is 2.74. The Morgan fingerprint density at radius 1 is 1.03 bits per heavy atom. The fraction of sp³-hybridized carbons (Fsp3) is 0.350. The lowest BCUT2D eigenvalue weighted by Gasteiger charge is -2.13. The zero-order valence-corrected chi connectivity index (χ0v) is 20.3. The summed E-state index contributed by atoms with van der Waals surface area (Å²) in [6.45, 7) is 3.58. The van der Waals surface area contributed by atoms with Crippen LogP contribution in [0.15, 0.2) is 46.2 Å². The Labute approximate surface area is 193 Å². The molecule has 0 aliphatic rings. The van der Waals surface area contributed by atoms with Crippen molar-refractivity contribution in [3.8, 4) is 5.75 Å². The molecule has 9 nitrogen and oxygen atoms in total. The van der Waals surface area contributed by atoms with Crippen LogP contribution in [0.4, 0.5) is 5.69 Å². The van der Waals surface area contributed by atoms with Gasteiger partial charge in [-0.25, -0.2) is 26.3 Å². The summed E-state index contributed by atoms with van der Waals surface area (Å²) in [5, 5.41) is 2.63. The molecule has 0 saturated carbocycles. The first kappa shape index (κ1) is 26.1. The van der Waals surface area contributed by atoms with Crippen molar-refractivity contribution < 1.29 is 26.4 Å². The predicted octanol–water partition coefficient (Wildman–Crippen LogP) is 2.65. The summed E-state index contributed by atoms with van der Waals surface area (Å²) in [5.74, 6) is -0.404. The summed E-state index contributed by atoms with van der Waals surface area (Å²) in [7, 11) is -6.06. The van der Waals surface area contributed by atoms with Gasteiger partial charge in [0.2, 0.25) is 20.0 Å². The van der Waals surface area contributed by atoms with E-state index in [9.17, 15) is 21.6 Å². The summed E-state index contributed by atoms with van der Waals surface area (Å²) in [5.41, 5.74) is 0.984. The highest BCUT2D eigenvalue weighted by Gasteiger charge is 2.17. The van der Waals surface area contributed by atoms with Gasteiger partial charge in [0.1, 0.15) is 5.75 Å². The van der Waals surface area contributed by atoms with Gasteiger partial charge >= 0.3 is 0 Å². The number of carbonyl (C=O) groups is 1. The Hall–Kier alpha value is -2.18. The highest BCUT2D eigenvalue weighted by Crippen LogP contribution is 2.27. The van der Waals surface area contributed by atoms with Crippen LogP contribution in [-0.2, 0) is 24.8 Å². The molecular formula is C20H26ClN3O6S2. The largest absolute Gasteiger partial charge is 0.482 e. The number of hydrogen-bond donors (Lipinski definition) is 3. The molecule has 0 saturated heterocycles. The summed E-state index contributed by atoms with van der Waals surface area (Å²) in [6.07, 6.45) is 1.57. The number of hydrogen-bond acceptors (Lipinski definition) is 6. The molecule has 2 aromatic carbocycles. The van der Waals surface area contributed by atoms with E-state index in [1.54, 1.807) is 13.0 Å². The van der Waals surface area contributed by atoms with E-state index in [0.29, 0.717) is 24.2 Å². The molecule has 0 spiro atoms. The molecule has 0 bridgehead atoms. The topological polar surface area (TPSA) is 131 Å². The predicted molar refractivity (Wildman–Crippen MR) is 123 cm³/mol. The molecule has 32 heavy (non-hydrogen) atoms. The summed E-state index contributed by atoms with van der Waals surface area (Å²) in [6, 6.07) is 8.31. The van der Waals surface area contributed by atoms with E-state index in [4.69, 9.17) is 16.3 Å². The minimum atomic E-state index is -3.69. The van der Waals surface area contributed by atoms with Gasteiger partial charge in [0.25, 0.3) is 5.91 Å². The molecular weight excluding hydrogens is 478 g/mol. The van der Waals surface area contributed by atoms with Crippen LogP contribution < -0.4 is 19.5 Å². The van der Waals surface area contributed by atoms with Crippen LogP contribution in [0.2, 0.25) is 5.02 Å². The number of unbranched alkanes of at least 4 members (excludes halogenated alkanes) is 1. The third kappa shape index (κ3) is 6.91. The van der Waals surface area contributed by atoms with Crippen molar-refractivity contribution in [1.82, 2.24) is 9.44 Å². The normalized spacial score (nSPS) is 11.9. The minimum Gasteiger partial charge on any atom is -0.482 e. The molecule has 2 rings (SSSR count). The summed E-state index contributed by atoms with van der Waals surface area (Å²) >= 11 is 6.13. The van der Waals surface area contributed by atoms with Gasteiger partial charge in [-0.1, -0.05) is 31.0 Å². The van der Waals surface area contributed by atoms with Crippen molar-refractivity contribution in [2.45, 2.75) is 36.5 Å². The number of rotatable bonds is 11. The fourth-order valence-electron chi connectivity index (χ4n) is 2.58. The first-order valence-corrected chi connectivity index (χ1v) is 13.1. The fourth-order valence-corrected chi connectivity index (χ4v) is 4.74. The Balaban J connectivity index is 2.05. The Morgan fingerprint density at radius 2 is 1.69 bits per heavy atom. The van der Waals surface area contributed by atoms with Gasteiger partial charge in [-0.05, 0) is 56.3 Å². The van der Waals surface area contributed by atoms with Crippen molar-refractivity contribution in [1.29, 1.82) is 0 Å². The van der Waals surface area contributed by atoms with Crippen LogP contribution in [-0.4, -0.2) is 42.9 Å². The van der Waals surface area contributed by atoms with E-state index < -0.39 is 32.6 Å². The minimum absolute atomic E-state index is 0.00594. The van der Waals surface area contributed by atoms with Crippen molar-refractivity contribution in [2.75, 3.05) is 25.5 Å². The van der Waals surface area contributed by atoms with E-state index in [1.807, 2.05) is 6.92 Å². The van der Waals surface area contributed by atoms with Crippen LogP contribution >= 0.6 is 11.6 Å². The second kappa shape index (κ2) is 11.1. The molecule has 12 heteroatoms. The lowest BCUT2D eigenvalue weighted by molar-refractivity contribution is -0.118. The summed E-state index contributed by atoms with van der Waals surface area (Å²) < 4.78 is 58.6. The monoisotopic (exact) mass is 503 g/mol. The van der Waals surface area contributed by atoms with Crippen LogP contribution in [0.3, 0.4) is 0 Å². The van der Waals surface area contributed by atoms with Crippen molar-refractivity contribution in [3.63, 3.8) is 0 Å². The number of benzene rings is 2. The molecule has 0 atom stereocenters. The summed E-state index contributed by atoms with van der Waals surface area (Å²) in [4.78, 5) is 12.3. The van der Waals surface area contributed by atoms with E-state index in [2.05, 4.69) is 14.8 Å². The quantitative estimate of drug-likeness (QED) is 0.404. The third-order valence-corrected chi connectivity index (χ3v) is 7.62. The number of halogens is 1. The van der Waals surface area contributed by atoms with Crippen molar-refractivity contribution in [2.24, 2.45) is 0 Å². The Morgan fingerprint density at radius 3 is 2.31 bits per heavy atom. The highest BCUT2D eigenvalue weighted by atomic mass is 35.5. The zero-order chi connectivity index (χ0) is 23.9. The lowest BCUT2D eigenvalue weighted by Crippen LogP contribution is -2.24. The molecule has 0 unspecified atom stereocenters. The molecule has 0 aromatic heterocycles. The number of nitrogens with one attached hydrogen (secondary N) is 3. The maximum atomic E-state index is 12.3. The van der Waals surface area contributed by atoms with E-state index >= 15 is 0 Å². The van der Waals surface area contributed by atoms with Crippen LogP contribution in [0.5, 0.6) is 5.75 Å². The zero-order valence-electron chi connectivity index (χ0n) is 17.9. The van der Waals surface area contributed by atoms with Gasteiger partial charge in [0, 0.05) is 12.2 Å². The number of ether oxygens (including phenoxy) is 1. The molecule has 0 aliphatic carbocycles. The molecule has 2 aromatic rings. The lowest BCUT2D eigenvalue weighted by atomic mass is 10.2. The third-order valence-electron chi connectivity index (χ3n) is 4.46. The molecule has 0 heterocycles. The SMILES string of the molecule is CCCCNS(=O)(=O)c1ccc(OCC(=O)Nc2cc(S(=O)(=O)NC)ccc2C)c(Cl)c1. The molecule has 176 valence electrons. The Kier molecular flexibility index (Phi) is 9.05. The van der Waals surface area contributed by atoms with E-state index in [-0.39, 0.29) is 20.6 Å². The van der Waals surface area contributed by atoms with Gasteiger partial charge in [-0.2, -0.15) is 0 Å². The first-order chi connectivity index (χ1) is 15.0. The number of aryl methyl sites for hydroxylation is 1. The smallest absolute Gasteiger partial charge is 0.262 e. The van der Waals surface area contributed by atoms with Gasteiger partial charge < -0.3 is 10.1 Å².